The molecule has 0 saturated carbocycles. The van der Waals surface area contributed by atoms with Gasteiger partial charge in [-0.2, -0.15) is 5.10 Å². The van der Waals surface area contributed by atoms with Gasteiger partial charge >= 0.3 is 0 Å². The maximum Gasteiger partial charge on any atom is 0.259 e. The summed E-state index contributed by atoms with van der Waals surface area (Å²) in [6.07, 6.45) is 1.58. The molecule has 0 aliphatic carbocycles. The van der Waals surface area contributed by atoms with Crippen molar-refractivity contribution in [3.05, 3.63) is 92.9 Å². The number of carbonyl (C=O) groups excluding carboxylic acids is 1. The van der Waals surface area contributed by atoms with E-state index in [1.807, 2.05) is 73.7 Å². The summed E-state index contributed by atoms with van der Waals surface area (Å²) in [5, 5.41) is 7.72. The molecular weight excluding hydrogens is 466 g/mol. The van der Waals surface area contributed by atoms with Crippen LogP contribution in [0.1, 0.15) is 16.7 Å². The third kappa shape index (κ3) is 6.61. The average Bonchev–Trinajstić information content (AvgIpc) is 2.74. The van der Waals surface area contributed by atoms with Crippen LogP contribution in [-0.4, -0.2) is 18.7 Å². The van der Waals surface area contributed by atoms with Crippen molar-refractivity contribution in [2.24, 2.45) is 5.10 Å². The van der Waals surface area contributed by atoms with Crippen LogP contribution >= 0.6 is 27.5 Å². The average molecular weight is 487 g/mol. The predicted molar refractivity (Wildman–Crippen MR) is 125 cm³/mol. The van der Waals surface area contributed by atoms with Crippen molar-refractivity contribution in [3.63, 3.8) is 0 Å². The van der Waals surface area contributed by atoms with Gasteiger partial charge in [0, 0.05) is 16.3 Å². The second-order valence-electron chi connectivity index (χ2n) is 6.58. The highest BCUT2D eigenvalue weighted by Crippen LogP contribution is 2.27. The molecule has 30 heavy (non-hydrogen) atoms. The molecule has 0 bridgehead atoms. The van der Waals surface area contributed by atoms with Crippen LogP contribution in [0, 0.1) is 6.92 Å². The minimum Gasteiger partial charge on any atom is -0.488 e. The summed E-state index contributed by atoms with van der Waals surface area (Å²) in [5.74, 6) is 0.462. The number of benzene rings is 3. The largest absolute Gasteiger partial charge is 0.488 e. The molecule has 0 spiro atoms. The third-order valence-electron chi connectivity index (χ3n) is 4.20. The molecule has 0 aliphatic rings. The van der Waals surface area contributed by atoms with Crippen LogP contribution in [-0.2, 0) is 11.4 Å². The quantitative estimate of drug-likeness (QED) is 0.324. The van der Waals surface area contributed by atoms with E-state index < -0.39 is 0 Å². The van der Waals surface area contributed by atoms with Gasteiger partial charge in [0.05, 0.1) is 17.2 Å². The zero-order chi connectivity index (χ0) is 21.3. The van der Waals surface area contributed by atoms with Crippen molar-refractivity contribution in [3.8, 4) is 5.75 Å². The van der Waals surface area contributed by atoms with E-state index in [0.29, 0.717) is 17.4 Å². The molecule has 1 amide bonds. The number of halogens is 2. The number of ether oxygens (including phenoxy) is 1. The molecule has 3 aromatic carbocycles. The molecule has 7 heteroatoms. The first-order valence-corrected chi connectivity index (χ1v) is 10.5. The Balaban J connectivity index is 1.48. The molecule has 0 saturated heterocycles. The van der Waals surface area contributed by atoms with Crippen molar-refractivity contribution < 1.29 is 9.53 Å². The van der Waals surface area contributed by atoms with Crippen LogP contribution in [0.4, 0.5) is 5.69 Å². The van der Waals surface area contributed by atoms with E-state index in [1.165, 1.54) is 5.56 Å². The van der Waals surface area contributed by atoms with E-state index in [-0.39, 0.29) is 12.5 Å². The molecule has 0 radical (unpaired) electrons. The van der Waals surface area contributed by atoms with E-state index in [2.05, 4.69) is 31.8 Å². The molecule has 0 unspecified atom stereocenters. The molecule has 0 heterocycles. The van der Waals surface area contributed by atoms with Gasteiger partial charge < -0.3 is 10.1 Å². The highest BCUT2D eigenvalue weighted by Gasteiger charge is 2.05. The molecule has 2 N–H and O–H groups in total. The number of amides is 1. The lowest BCUT2D eigenvalue weighted by Crippen LogP contribution is -2.25. The summed E-state index contributed by atoms with van der Waals surface area (Å²) >= 11 is 9.65. The van der Waals surface area contributed by atoms with Crippen LogP contribution in [0.3, 0.4) is 0 Å². The van der Waals surface area contributed by atoms with E-state index in [4.69, 9.17) is 16.3 Å². The number of hydrazone groups is 1. The van der Waals surface area contributed by atoms with Gasteiger partial charge in [0.15, 0.2) is 0 Å². The second kappa shape index (κ2) is 10.8. The standard InChI is InChI=1S/C23H21BrClN3O2/c1-16-6-9-19(10-7-16)26-14-23(29)28-27-13-17-8-11-22(20(24)12-17)30-15-18-4-2-3-5-21(18)25/h2-13,26H,14-15H2,1H3,(H,28,29)/b27-13-. The van der Waals surface area contributed by atoms with Crippen LogP contribution in [0.5, 0.6) is 5.75 Å². The monoisotopic (exact) mass is 485 g/mol. The Morgan fingerprint density at radius 2 is 1.90 bits per heavy atom. The van der Waals surface area contributed by atoms with Gasteiger partial charge in [-0.3, -0.25) is 4.79 Å². The predicted octanol–water partition coefficient (Wildman–Crippen LogP) is 5.55. The molecule has 0 aromatic heterocycles. The van der Waals surface area contributed by atoms with Gasteiger partial charge in [-0.05, 0) is 64.8 Å². The number of hydrogen-bond donors (Lipinski definition) is 2. The van der Waals surface area contributed by atoms with Gasteiger partial charge in [-0.25, -0.2) is 5.43 Å². The molecule has 5 nitrogen and oxygen atoms in total. The smallest absolute Gasteiger partial charge is 0.259 e. The van der Waals surface area contributed by atoms with E-state index >= 15 is 0 Å². The Morgan fingerprint density at radius 3 is 2.63 bits per heavy atom. The Morgan fingerprint density at radius 1 is 1.13 bits per heavy atom. The summed E-state index contributed by atoms with van der Waals surface area (Å²) in [7, 11) is 0. The molecule has 3 rings (SSSR count). The van der Waals surface area contributed by atoms with Crippen LogP contribution in [0.2, 0.25) is 5.02 Å². The van der Waals surface area contributed by atoms with Gasteiger partial charge in [-0.15, -0.1) is 0 Å². The topological polar surface area (TPSA) is 62.7 Å². The molecular formula is C23H21BrClN3O2. The zero-order valence-corrected chi connectivity index (χ0v) is 18.7. The Kier molecular flexibility index (Phi) is 7.88. The van der Waals surface area contributed by atoms with E-state index in [1.54, 1.807) is 6.21 Å². The van der Waals surface area contributed by atoms with Crippen molar-refractivity contribution in [2.75, 3.05) is 11.9 Å². The highest BCUT2D eigenvalue weighted by molar-refractivity contribution is 9.10. The van der Waals surface area contributed by atoms with Gasteiger partial charge in [0.25, 0.3) is 5.91 Å². The van der Waals surface area contributed by atoms with Gasteiger partial charge in [-0.1, -0.05) is 47.5 Å². The number of nitrogens with one attached hydrogen (secondary N) is 2. The van der Waals surface area contributed by atoms with E-state index in [0.717, 1.165) is 21.3 Å². The lowest BCUT2D eigenvalue weighted by molar-refractivity contribution is -0.119. The number of rotatable bonds is 8. The zero-order valence-electron chi connectivity index (χ0n) is 16.4. The van der Waals surface area contributed by atoms with Crippen LogP contribution in [0.25, 0.3) is 0 Å². The lowest BCUT2D eigenvalue weighted by atomic mass is 10.2. The van der Waals surface area contributed by atoms with E-state index in [9.17, 15) is 4.79 Å². The Bertz CT molecular complexity index is 1040. The van der Waals surface area contributed by atoms with Gasteiger partial charge in [0.1, 0.15) is 12.4 Å². The summed E-state index contributed by atoms with van der Waals surface area (Å²) in [5.41, 5.74) is 6.29. The normalized spacial score (nSPS) is 10.8. The van der Waals surface area contributed by atoms with Crippen molar-refractivity contribution in [1.29, 1.82) is 0 Å². The Labute approximate surface area is 189 Å². The summed E-state index contributed by atoms with van der Waals surface area (Å²) in [4.78, 5) is 11.9. The summed E-state index contributed by atoms with van der Waals surface area (Å²) in [6.45, 7) is 2.52. The minimum atomic E-state index is -0.231. The fraction of sp³-hybridized carbons (Fsp3) is 0.130. The molecule has 0 fully saturated rings. The molecule has 0 atom stereocenters. The molecule has 3 aromatic rings. The third-order valence-corrected chi connectivity index (χ3v) is 5.19. The molecule has 154 valence electrons. The number of hydrogen-bond acceptors (Lipinski definition) is 4. The fourth-order valence-electron chi connectivity index (χ4n) is 2.56. The second-order valence-corrected chi connectivity index (χ2v) is 7.84. The fourth-order valence-corrected chi connectivity index (χ4v) is 3.26. The first-order valence-electron chi connectivity index (χ1n) is 9.29. The maximum atomic E-state index is 11.9. The van der Waals surface area contributed by atoms with Crippen molar-refractivity contribution in [1.82, 2.24) is 5.43 Å². The number of anilines is 1. The van der Waals surface area contributed by atoms with Crippen molar-refractivity contribution in [2.45, 2.75) is 13.5 Å². The molecule has 0 aliphatic heterocycles. The Hall–Kier alpha value is -2.83. The minimum absolute atomic E-state index is 0.138. The lowest BCUT2D eigenvalue weighted by Gasteiger charge is -2.10. The first-order chi connectivity index (χ1) is 14.5. The summed E-state index contributed by atoms with van der Waals surface area (Å²) < 4.78 is 6.61. The first kappa shape index (κ1) is 21.9. The van der Waals surface area contributed by atoms with Crippen LogP contribution in [0.15, 0.2) is 76.3 Å². The summed E-state index contributed by atoms with van der Waals surface area (Å²) in [6, 6.07) is 20.9. The maximum absolute atomic E-state index is 11.9. The number of nitrogens with zero attached hydrogens (tertiary/aromatic N) is 1. The van der Waals surface area contributed by atoms with Gasteiger partial charge in [0.2, 0.25) is 0 Å². The SMILES string of the molecule is Cc1ccc(NCC(=O)N/N=C\c2ccc(OCc3ccccc3Cl)c(Br)c2)cc1. The van der Waals surface area contributed by atoms with Crippen molar-refractivity contribution >= 4 is 45.3 Å². The number of aryl methyl sites for hydroxylation is 1. The highest BCUT2D eigenvalue weighted by atomic mass is 79.9. The van der Waals surface area contributed by atoms with Crippen LogP contribution < -0.4 is 15.5 Å². The number of carbonyl (C=O) groups is 1.